The average Bonchev–Trinajstić information content (AvgIpc) is 2.53. The highest BCUT2D eigenvalue weighted by Gasteiger charge is 2.41. The molecule has 0 spiro atoms. The van der Waals surface area contributed by atoms with Gasteiger partial charge in [-0.05, 0) is 62.5 Å². The minimum Gasteiger partial charge on any atom is -0.338 e. The molecule has 0 aliphatic heterocycles. The number of carbonyl (C=O) groups is 1. The summed E-state index contributed by atoms with van der Waals surface area (Å²) in [7, 11) is 0. The molecule has 1 aromatic rings. The molecule has 0 saturated heterocycles. The Hall–Kier alpha value is -1.35. The van der Waals surface area contributed by atoms with E-state index in [9.17, 15) is 4.79 Å². The molecule has 2 bridgehead atoms. The third-order valence-electron chi connectivity index (χ3n) is 6.08. The van der Waals surface area contributed by atoms with Gasteiger partial charge in [-0.15, -0.1) is 0 Å². The van der Waals surface area contributed by atoms with Crippen molar-refractivity contribution in [1.82, 2.24) is 4.90 Å². The second-order valence-electron chi connectivity index (χ2n) is 7.48. The first-order chi connectivity index (χ1) is 11.1. The maximum absolute atomic E-state index is 13.1. The molecule has 2 unspecified atom stereocenters. The molecule has 2 fully saturated rings. The van der Waals surface area contributed by atoms with E-state index in [0.29, 0.717) is 23.8 Å². The van der Waals surface area contributed by atoms with Crippen LogP contribution in [0.5, 0.6) is 0 Å². The second-order valence-corrected chi connectivity index (χ2v) is 7.48. The molecule has 0 aromatic heterocycles. The smallest absolute Gasteiger partial charge is 0.225 e. The van der Waals surface area contributed by atoms with Crippen LogP contribution in [0.25, 0.3) is 0 Å². The van der Waals surface area contributed by atoms with E-state index in [-0.39, 0.29) is 5.92 Å². The van der Waals surface area contributed by atoms with Crippen molar-refractivity contribution in [2.45, 2.75) is 58.5 Å². The van der Waals surface area contributed by atoms with Crippen molar-refractivity contribution in [2.75, 3.05) is 6.54 Å². The van der Waals surface area contributed by atoms with E-state index in [1.807, 2.05) is 4.90 Å². The van der Waals surface area contributed by atoms with Crippen LogP contribution in [-0.2, 0) is 11.3 Å². The van der Waals surface area contributed by atoms with Gasteiger partial charge in [0.2, 0.25) is 5.91 Å². The Morgan fingerprint density at radius 2 is 1.87 bits per heavy atom. The molecule has 1 aromatic carbocycles. The Morgan fingerprint density at radius 1 is 1.22 bits per heavy atom. The SMILES string of the molecule is CCN(Cc1ccccc1C)C(=O)C1CC2CCCC(C1)C2N. The Balaban J connectivity index is 1.69. The number of nitrogens with zero attached hydrogens (tertiary/aromatic N) is 1. The lowest BCUT2D eigenvalue weighted by Crippen LogP contribution is -2.49. The number of hydrogen-bond acceptors (Lipinski definition) is 2. The van der Waals surface area contributed by atoms with Crippen molar-refractivity contribution >= 4 is 5.91 Å². The van der Waals surface area contributed by atoms with E-state index in [2.05, 4.69) is 38.1 Å². The van der Waals surface area contributed by atoms with Gasteiger partial charge < -0.3 is 10.6 Å². The molecule has 3 rings (SSSR count). The lowest BCUT2D eigenvalue weighted by atomic mass is 9.65. The van der Waals surface area contributed by atoms with Crippen molar-refractivity contribution in [3.05, 3.63) is 35.4 Å². The summed E-state index contributed by atoms with van der Waals surface area (Å²) in [6.45, 7) is 5.73. The fourth-order valence-corrected chi connectivity index (χ4v) is 4.59. The molecule has 126 valence electrons. The highest BCUT2D eigenvalue weighted by Crippen LogP contribution is 2.42. The van der Waals surface area contributed by atoms with Gasteiger partial charge in [0.05, 0.1) is 0 Å². The van der Waals surface area contributed by atoms with Gasteiger partial charge in [0, 0.05) is 25.0 Å². The number of carbonyl (C=O) groups excluding carboxylic acids is 1. The molecule has 2 atom stereocenters. The first-order valence-corrected chi connectivity index (χ1v) is 9.19. The molecule has 0 heterocycles. The van der Waals surface area contributed by atoms with Crippen LogP contribution in [0.4, 0.5) is 0 Å². The van der Waals surface area contributed by atoms with Gasteiger partial charge in [-0.25, -0.2) is 0 Å². The Morgan fingerprint density at radius 3 is 2.48 bits per heavy atom. The quantitative estimate of drug-likeness (QED) is 0.924. The minimum absolute atomic E-state index is 0.189. The number of aryl methyl sites for hydroxylation is 1. The summed E-state index contributed by atoms with van der Waals surface area (Å²) in [6, 6.07) is 8.71. The molecular formula is C20H30N2O. The zero-order valence-corrected chi connectivity index (χ0v) is 14.5. The lowest BCUT2D eigenvalue weighted by Gasteiger charge is -2.44. The highest BCUT2D eigenvalue weighted by molar-refractivity contribution is 5.79. The van der Waals surface area contributed by atoms with Crippen molar-refractivity contribution in [1.29, 1.82) is 0 Å². The first-order valence-electron chi connectivity index (χ1n) is 9.19. The standard InChI is InChI=1S/C20H30N2O/c1-3-22(13-17-8-5-4-7-14(17)2)20(23)18-11-15-9-6-10-16(12-18)19(15)21/h4-5,7-8,15-16,18-19H,3,6,9-13,21H2,1-2H3. The summed E-state index contributed by atoms with van der Waals surface area (Å²) in [5.74, 6) is 1.66. The molecule has 3 heteroatoms. The number of rotatable bonds is 4. The number of hydrogen-bond donors (Lipinski definition) is 1. The summed E-state index contributed by atoms with van der Waals surface area (Å²) >= 11 is 0. The maximum atomic E-state index is 13.1. The van der Waals surface area contributed by atoms with Crippen LogP contribution in [0.15, 0.2) is 24.3 Å². The molecule has 1 amide bonds. The molecule has 2 saturated carbocycles. The van der Waals surface area contributed by atoms with Crippen LogP contribution < -0.4 is 5.73 Å². The third kappa shape index (κ3) is 3.45. The van der Waals surface area contributed by atoms with E-state index < -0.39 is 0 Å². The maximum Gasteiger partial charge on any atom is 0.225 e. The van der Waals surface area contributed by atoms with Crippen molar-refractivity contribution < 1.29 is 4.79 Å². The molecular weight excluding hydrogens is 284 g/mol. The number of benzene rings is 1. The minimum atomic E-state index is 0.189. The van der Waals surface area contributed by atoms with E-state index in [1.165, 1.54) is 30.4 Å². The summed E-state index contributed by atoms with van der Waals surface area (Å²) in [5, 5.41) is 0. The van der Waals surface area contributed by atoms with Gasteiger partial charge in [0.1, 0.15) is 0 Å². The van der Waals surface area contributed by atoms with Crippen LogP contribution in [0, 0.1) is 24.7 Å². The van der Waals surface area contributed by atoms with Crippen LogP contribution in [-0.4, -0.2) is 23.4 Å². The van der Waals surface area contributed by atoms with Crippen LogP contribution >= 0.6 is 0 Å². The average molecular weight is 314 g/mol. The number of fused-ring (bicyclic) bond motifs is 2. The Labute approximate surface area is 140 Å². The van der Waals surface area contributed by atoms with E-state index in [0.717, 1.165) is 25.9 Å². The fraction of sp³-hybridized carbons (Fsp3) is 0.650. The monoisotopic (exact) mass is 314 g/mol. The predicted octanol–water partition coefficient (Wildman–Crippen LogP) is 3.50. The fourth-order valence-electron chi connectivity index (χ4n) is 4.59. The largest absolute Gasteiger partial charge is 0.338 e. The van der Waals surface area contributed by atoms with Gasteiger partial charge >= 0.3 is 0 Å². The lowest BCUT2D eigenvalue weighted by molar-refractivity contribution is -0.139. The predicted molar refractivity (Wildman–Crippen MR) is 93.8 cm³/mol. The van der Waals surface area contributed by atoms with Crippen LogP contribution in [0.2, 0.25) is 0 Å². The number of nitrogens with two attached hydrogens (primary N) is 1. The first kappa shape index (κ1) is 16.5. The molecule has 2 N–H and O–H groups in total. The molecule has 2 aliphatic rings. The van der Waals surface area contributed by atoms with Crippen molar-refractivity contribution in [3.63, 3.8) is 0 Å². The van der Waals surface area contributed by atoms with Crippen LogP contribution in [0.3, 0.4) is 0 Å². The van der Waals surface area contributed by atoms with Gasteiger partial charge in [0.15, 0.2) is 0 Å². The van der Waals surface area contributed by atoms with Crippen molar-refractivity contribution in [3.8, 4) is 0 Å². The van der Waals surface area contributed by atoms with Crippen LogP contribution in [0.1, 0.15) is 50.2 Å². The normalized spacial score (nSPS) is 30.0. The Kier molecular flexibility index (Phi) is 5.05. The summed E-state index contributed by atoms with van der Waals surface area (Å²) in [5.41, 5.74) is 8.90. The molecule has 0 radical (unpaired) electrons. The van der Waals surface area contributed by atoms with E-state index in [1.54, 1.807) is 0 Å². The third-order valence-corrected chi connectivity index (χ3v) is 6.08. The number of amides is 1. The van der Waals surface area contributed by atoms with Gasteiger partial charge in [0.25, 0.3) is 0 Å². The summed E-state index contributed by atoms with van der Waals surface area (Å²) < 4.78 is 0. The highest BCUT2D eigenvalue weighted by atomic mass is 16.2. The van der Waals surface area contributed by atoms with Crippen molar-refractivity contribution in [2.24, 2.45) is 23.5 Å². The topological polar surface area (TPSA) is 46.3 Å². The zero-order valence-electron chi connectivity index (χ0n) is 14.5. The zero-order chi connectivity index (χ0) is 16.4. The molecule has 2 aliphatic carbocycles. The van der Waals surface area contributed by atoms with Gasteiger partial charge in [-0.1, -0.05) is 30.7 Å². The Bertz CT molecular complexity index is 542. The second kappa shape index (κ2) is 7.04. The molecule has 3 nitrogen and oxygen atoms in total. The van der Waals surface area contributed by atoms with Gasteiger partial charge in [-0.2, -0.15) is 0 Å². The van der Waals surface area contributed by atoms with E-state index in [4.69, 9.17) is 5.73 Å². The molecule has 23 heavy (non-hydrogen) atoms. The summed E-state index contributed by atoms with van der Waals surface area (Å²) in [4.78, 5) is 15.1. The van der Waals surface area contributed by atoms with Gasteiger partial charge in [-0.3, -0.25) is 4.79 Å². The summed E-state index contributed by atoms with van der Waals surface area (Å²) in [6.07, 6.45) is 5.73. The van der Waals surface area contributed by atoms with E-state index >= 15 is 0 Å².